The minimum absolute atomic E-state index is 0.850. The molecule has 672 valence electrons. The lowest BCUT2D eigenvalue weighted by molar-refractivity contribution is 1.31. The number of fused-ring (bicyclic) bond motifs is 14. The van der Waals surface area contributed by atoms with Crippen LogP contribution in [0.4, 0.5) is 62.6 Å². The van der Waals surface area contributed by atoms with Crippen molar-refractivity contribution >= 4 is 217 Å². The predicted octanol–water partition coefficient (Wildman–Crippen LogP) is 39.4. The van der Waals surface area contributed by atoms with Crippen LogP contribution in [0.2, 0.25) is 0 Å². The molecular weight excluding hydrogens is 2060 g/mol. The maximum absolute atomic E-state index is 5.76. The van der Waals surface area contributed by atoms with Gasteiger partial charge in [0.1, 0.15) is 0 Å². The lowest BCUT2D eigenvalue weighted by Crippen LogP contribution is -2.11. The molecule has 25 aromatic carbocycles. The summed E-state index contributed by atoms with van der Waals surface area (Å²) in [7, 11) is 0. The molecule has 25 aromatic rings. The maximum Gasteiger partial charge on any atom is 0.0540 e. The average Bonchev–Trinajstić information content (AvgIpc) is 1.56. The van der Waals surface area contributed by atoms with Gasteiger partial charge in [-0.1, -0.05) is 400 Å². The Kier molecular flexibility index (Phi) is 24.2. The molecule has 5 nitrogen and oxygen atoms in total. The third kappa shape index (κ3) is 17.1. The quantitative estimate of drug-likeness (QED) is 0.0793. The van der Waals surface area contributed by atoms with Gasteiger partial charge < -0.3 is 26.2 Å². The van der Waals surface area contributed by atoms with Crippen molar-refractivity contribution in [2.75, 3.05) is 26.2 Å². The molecule has 3 aliphatic rings. The lowest BCUT2D eigenvalue weighted by atomic mass is 9.98. The SMILES string of the molecule is Ic1ccc(-c2ccc(I)cc2)cc1.Ic1ccc2c3c(cccc13)-c1ccccc1-2.Nc1cccc2ccccc12.c1ccc2c(Nc3ccc(-c4ccc(Nc5cccc6ccccc56)cc4)cc3)cccc2c1.c1ccc2c(c1)-c1cccc3c(N(c4ccc(-c5ccc(N(c6cccc7ccccc67)c6ccc7c8c(cccc68)-c6ccccc6-7)cc5)cc4)c4cccc5ccccc45)ccc-2c13. The second-order valence-electron chi connectivity index (χ2n) is 36.0. The third-order valence-corrected chi connectivity index (χ3v) is 30.1. The van der Waals surface area contributed by atoms with Crippen molar-refractivity contribution in [2.45, 2.75) is 0 Å². The van der Waals surface area contributed by atoms with E-state index in [-0.39, 0.29) is 0 Å². The zero-order chi connectivity index (χ0) is 95.1. The Morgan fingerprint density at radius 3 is 0.775 bits per heavy atom. The molecule has 8 heteroatoms. The van der Waals surface area contributed by atoms with Crippen molar-refractivity contribution in [1.29, 1.82) is 0 Å². The minimum Gasteiger partial charge on any atom is -0.398 e. The first-order chi connectivity index (χ1) is 70.1. The summed E-state index contributed by atoms with van der Waals surface area (Å²) >= 11 is 7.06. The van der Waals surface area contributed by atoms with Crippen LogP contribution >= 0.6 is 67.8 Å². The van der Waals surface area contributed by atoms with Gasteiger partial charge in [-0.2, -0.15) is 0 Å². The van der Waals surface area contributed by atoms with E-state index in [0.717, 1.165) is 67.9 Å². The molecule has 0 spiro atoms. The minimum atomic E-state index is 0.850. The van der Waals surface area contributed by atoms with E-state index in [9.17, 15) is 0 Å². The number of nitrogens with two attached hydrogens (primary N) is 1. The van der Waals surface area contributed by atoms with Crippen LogP contribution in [0.3, 0.4) is 0 Å². The summed E-state index contributed by atoms with van der Waals surface area (Å²) in [5, 5.41) is 27.2. The zero-order valence-corrected chi connectivity index (χ0v) is 83.7. The molecule has 0 fully saturated rings. The van der Waals surface area contributed by atoms with E-state index in [1.165, 1.54) is 192 Å². The van der Waals surface area contributed by atoms with Crippen molar-refractivity contribution in [1.82, 2.24) is 0 Å². The fourth-order valence-electron chi connectivity index (χ4n) is 21.0. The molecular formula is C134H90I3N5. The normalized spacial score (nSPS) is 11.4. The molecule has 0 aromatic heterocycles. The van der Waals surface area contributed by atoms with Gasteiger partial charge in [-0.25, -0.2) is 0 Å². The molecule has 142 heavy (non-hydrogen) atoms. The number of hydrogen-bond donors (Lipinski definition) is 3. The Morgan fingerprint density at radius 2 is 0.408 bits per heavy atom. The molecule has 0 aliphatic heterocycles. The number of nitrogens with one attached hydrogen (secondary N) is 2. The summed E-state index contributed by atoms with van der Waals surface area (Å²) in [6.07, 6.45) is 0. The van der Waals surface area contributed by atoms with Gasteiger partial charge in [-0.05, 0) is 338 Å². The molecule has 0 saturated carbocycles. The van der Waals surface area contributed by atoms with Gasteiger partial charge in [0.2, 0.25) is 0 Å². The Hall–Kier alpha value is -16.2. The summed E-state index contributed by atoms with van der Waals surface area (Å²) < 4.78 is 3.88. The fraction of sp³-hybridized carbons (Fsp3) is 0. The Morgan fingerprint density at radius 1 is 0.169 bits per heavy atom. The standard InChI is InChI=1S/C64H40N2.C32H24N2.C16H9I.C12H8I2.C10H9N/c1-3-17-47-43(13-1)15-9-27-59(47)65(61-39-37-55-51-21-7-5-19-49(51)53-23-11-25-57(61)63(53)55)45-33-29-41(30-34-45)42-31-35-46(36-32-42)66(60-28-10-16-44-14-2-4-18-48(44)60)62-40-38-56-52-22-8-6-20-50(52)54-24-12-26-58(62)64(54)56;1-3-11-29-25(7-1)9-5-13-31(29)33-27-19-15-23(16-20-27)24-17-21-28(22-18-24)34-32-14-6-10-26-8-2-4-12-30(26)32;17-15-9-8-13-11-5-2-1-4-10(11)12-6-3-7-14(15)16(12)13;13-11-5-1-9(2-6-11)10-3-7-12(14)8-4-10;11-10-7-3-5-8-4-1-2-6-9(8)10/h1-40H;1-22,33-34H;1-9H;1-8H;1-7H,11H2. The number of anilines is 11. The van der Waals surface area contributed by atoms with Crippen molar-refractivity contribution in [2.24, 2.45) is 0 Å². The van der Waals surface area contributed by atoms with Gasteiger partial charge in [-0.3, -0.25) is 0 Å². The first-order valence-corrected chi connectivity index (χ1v) is 51.2. The molecule has 0 saturated heterocycles. The van der Waals surface area contributed by atoms with Crippen LogP contribution in [0.25, 0.3) is 186 Å². The second-order valence-corrected chi connectivity index (χ2v) is 39.6. The first-order valence-electron chi connectivity index (χ1n) is 47.9. The van der Waals surface area contributed by atoms with E-state index in [1.807, 2.05) is 30.3 Å². The van der Waals surface area contributed by atoms with Crippen molar-refractivity contribution in [3.8, 4) is 100 Å². The van der Waals surface area contributed by atoms with E-state index < -0.39 is 0 Å². The Labute approximate surface area is 867 Å². The topological polar surface area (TPSA) is 56.6 Å². The molecule has 28 rings (SSSR count). The number of hydrogen-bond acceptors (Lipinski definition) is 5. The molecule has 0 atom stereocenters. The van der Waals surface area contributed by atoms with Gasteiger partial charge in [0.25, 0.3) is 0 Å². The van der Waals surface area contributed by atoms with Crippen molar-refractivity contribution < 1.29 is 0 Å². The van der Waals surface area contributed by atoms with E-state index in [1.54, 1.807) is 0 Å². The summed E-state index contributed by atoms with van der Waals surface area (Å²) in [4.78, 5) is 4.92. The molecule has 4 N–H and O–H groups in total. The zero-order valence-electron chi connectivity index (χ0n) is 77.3. The van der Waals surface area contributed by atoms with Crippen LogP contribution in [0.15, 0.2) is 522 Å². The number of nitrogen functional groups attached to an aromatic ring is 1. The third-order valence-electron chi connectivity index (χ3n) is 27.7. The van der Waals surface area contributed by atoms with Gasteiger partial charge >= 0.3 is 0 Å². The van der Waals surface area contributed by atoms with E-state index in [4.69, 9.17) is 5.73 Å². The molecule has 0 unspecified atom stereocenters. The first kappa shape index (κ1) is 88.5. The van der Waals surface area contributed by atoms with E-state index in [2.05, 4.69) is 580 Å². The predicted molar refractivity (Wildman–Crippen MR) is 633 cm³/mol. The summed E-state index contributed by atoms with van der Waals surface area (Å²) in [6, 6.07) is 187. The molecule has 0 heterocycles. The van der Waals surface area contributed by atoms with Crippen LogP contribution in [-0.4, -0.2) is 0 Å². The van der Waals surface area contributed by atoms with Crippen molar-refractivity contribution in [3.05, 3.63) is 532 Å². The number of rotatable bonds is 13. The fourth-order valence-corrected chi connectivity index (χ4v) is 22.3. The second kappa shape index (κ2) is 38.9. The molecule has 0 bridgehead atoms. The maximum atomic E-state index is 5.76. The lowest BCUT2D eigenvalue weighted by Gasteiger charge is -2.29. The summed E-state index contributed by atoms with van der Waals surface area (Å²) in [6.45, 7) is 0. The average molecular weight is 2150 g/mol. The summed E-state index contributed by atoms with van der Waals surface area (Å²) in [5.41, 5.74) is 41.1. The highest BCUT2D eigenvalue weighted by Crippen LogP contribution is 2.56. The highest BCUT2D eigenvalue weighted by molar-refractivity contribution is 14.1. The van der Waals surface area contributed by atoms with Crippen LogP contribution in [-0.2, 0) is 0 Å². The van der Waals surface area contributed by atoms with Gasteiger partial charge in [0.15, 0.2) is 0 Å². The van der Waals surface area contributed by atoms with Crippen LogP contribution in [0.1, 0.15) is 0 Å². The van der Waals surface area contributed by atoms with Crippen LogP contribution in [0, 0.1) is 10.7 Å². The highest BCUT2D eigenvalue weighted by Gasteiger charge is 2.29. The monoisotopic (exact) mass is 2150 g/mol. The van der Waals surface area contributed by atoms with Crippen LogP contribution < -0.4 is 26.2 Å². The van der Waals surface area contributed by atoms with Crippen LogP contribution in [0.5, 0.6) is 0 Å². The smallest absolute Gasteiger partial charge is 0.0540 e. The van der Waals surface area contributed by atoms with E-state index >= 15 is 0 Å². The van der Waals surface area contributed by atoms with Gasteiger partial charge in [-0.15, -0.1) is 0 Å². The van der Waals surface area contributed by atoms with E-state index in [0.29, 0.717) is 0 Å². The van der Waals surface area contributed by atoms with Gasteiger partial charge in [0.05, 0.1) is 22.7 Å². The largest absolute Gasteiger partial charge is 0.398 e. The van der Waals surface area contributed by atoms with Crippen molar-refractivity contribution in [3.63, 3.8) is 0 Å². The van der Waals surface area contributed by atoms with Gasteiger partial charge in [0, 0.05) is 88.2 Å². The number of benzene rings is 25. The summed E-state index contributed by atoms with van der Waals surface area (Å²) in [5.74, 6) is 0. The Bertz CT molecular complexity index is 8600. The number of nitrogens with zero attached hydrogens (tertiary/aromatic N) is 2. The highest BCUT2D eigenvalue weighted by atomic mass is 127. The Balaban J connectivity index is 0.000000117. The molecule has 0 radical (unpaired) electrons. The number of halogens is 3. The molecule has 3 aliphatic carbocycles. The molecule has 0 amide bonds.